The van der Waals surface area contributed by atoms with Crippen LogP contribution in [0.5, 0.6) is 11.5 Å². The maximum absolute atomic E-state index is 12.4. The normalized spacial score (nSPS) is 11.9. The highest BCUT2D eigenvalue weighted by Crippen LogP contribution is 2.29. The van der Waals surface area contributed by atoms with E-state index in [1.165, 1.54) is 24.8 Å². The van der Waals surface area contributed by atoms with Crippen LogP contribution in [0.2, 0.25) is 0 Å². The molecule has 9 nitrogen and oxygen atoms in total. The number of carbonyl (C=O) groups is 1. The van der Waals surface area contributed by atoms with Gasteiger partial charge in [-0.05, 0) is 65.4 Å². The van der Waals surface area contributed by atoms with Crippen molar-refractivity contribution in [3.05, 3.63) is 101 Å². The van der Waals surface area contributed by atoms with E-state index in [0.717, 1.165) is 11.8 Å². The third-order valence-corrected chi connectivity index (χ3v) is 7.63. The minimum absolute atomic E-state index is 0.113. The number of rotatable bonds is 8. The van der Waals surface area contributed by atoms with Crippen LogP contribution < -0.4 is 14.8 Å². The lowest BCUT2D eigenvalue weighted by atomic mass is 9.82. The molecule has 0 fully saturated rings. The standard InChI is InChI=1S/C21H25N3O3.C10H8O3S/c1-6-21(3,4)16-8-10-17(11-9-16)27-14(2)23-20(25)15-7-12-19(26-5)18(13-15)24-22;11-14(12,13)10-7-3-5-8-4-1-2-6-9(8)10/h7-14H,6H2,1-5H3;1-7H,(H,11,12,13). The Kier molecular flexibility index (Phi) is 10.1. The van der Waals surface area contributed by atoms with Gasteiger partial charge in [0.25, 0.3) is 5.91 Å². The number of hydrogen-bond donors (Lipinski definition) is 1. The Labute approximate surface area is 240 Å². The lowest BCUT2D eigenvalue weighted by molar-refractivity contribution is 0.0851. The van der Waals surface area contributed by atoms with E-state index in [9.17, 15) is 17.8 Å². The summed E-state index contributed by atoms with van der Waals surface area (Å²) in [6.45, 7) is 8.32. The number of methoxy groups -OCH3 is 1. The van der Waals surface area contributed by atoms with Crippen molar-refractivity contribution in [3.8, 4) is 11.5 Å². The fourth-order valence-electron chi connectivity index (χ4n) is 4.01. The highest BCUT2D eigenvalue weighted by atomic mass is 32.2. The smallest absolute Gasteiger partial charge is 0.427 e. The van der Waals surface area contributed by atoms with E-state index in [4.69, 9.17) is 14.9 Å². The highest BCUT2D eigenvalue weighted by Gasteiger charge is 2.20. The van der Waals surface area contributed by atoms with E-state index in [0.29, 0.717) is 22.4 Å². The predicted octanol–water partition coefficient (Wildman–Crippen LogP) is 6.77. The first-order chi connectivity index (χ1) is 19.4. The van der Waals surface area contributed by atoms with Crippen molar-refractivity contribution in [2.24, 2.45) is 0 Å². The Hall–Kier alpha value is -4.46. The summed E-state index contributed by atoms with van der Waals surface area (Å²) in [7, 11) is -2.91. The summed E-state index contributed by atoms with van der Waals surface area (Å²) in [6.07, 6.45) is 0.517. The summed E-state index contributed by atoms with van der Waals surface area (Å²) in [5, 5.41) is 13.0. The number of hydrogen-bond acceptors (Lipinski definition) is 7. The van der Waals surface area contributed by atoms with Gasteiger partial charge in [0.05, 0.1) is 18.1 Å². The van der Waals surface area contributed by atoms with Gasteiger partial charge in [-0.15, -0.1) is 0 Å². The van der Waals surface area contributed by atoms with Gasteiger partial charge in [-0.3, -0.25) is 4.79 Å². The lowest BCUT2D eigenvalue weighted by Gasteiger charge is -2.24. The summed E-state index contributed by atoms with van der Waals surface area (Å²) in [6, 6.07) is 24.1. The Morgan fingerprint density at radius 3 is 2.29 bits per heavy atom. The number of ether oxygens (including phenoxy) is 2. The van der Waals surface area contributed by atoms with Crippen LogP contribution >= 0.6 is 0 Å². The fraction of sp³-hybridized carbons (Fsp3) is 0.258. The van der Waals surface area contributed by atoms with Crippen molar-refractivity contribution in [2.75, 3.05) is 7.11 Å². The van der Waals surface area contributed by atoms with Gasteiger partial charge in [0.1, 0.15) is 15.9 Å². The molecule has 41 heavy (non-hydrogen) atoms. The van der Waals surface area contributed by atoms with Gasteiger partial charge in [0.2, 0.25) is 11.1 Å². The number of amides is 1. The summed E-state index contributed by atoms with van der Waals surface area (Å²) in [5.41, 5.74) is 1.89. The third kappa shape index (κ3) is 8.03. The second-order valence-electron chi connectivity index (χ2n) is 9.91. The molecule has 0 aromatic heterocycles. The average Bonchev–Trinajstić information content (AvgIpc) is 2.96. The number of diazo groups is 1. The molecule has 1 atom stereocenters. The number of benzene rings is 4. The first-order valence-corrected chi connectivity index (χ1v) is 14.3. The van der Waals surface area contributed by atoms with Crippen molar-refractivity contribution < 1.29 is 27.2 Å². The van der Waals surface area contributed by atoms with Gasteiger partial charge in [-0.1, -0.05) is 69.3 Å². The van der Waals surface area contributed by atoms with E-state index in [1.807, 2.05) is 24.3 Å². The fourth-order valence-corrected chi connectivity index (χ4v) is 4.71. The molecule has 0 heterocycles. The molecule has 10 heteroatoms. The Morgan fingerprint density at radius 1 is 1.02 bits per heavy atom. The molecule has 1 N–H and O–H groups in total. The quantitative estimate of drug-likeness (QED) is 0.139. The number of carbonyl (C=O) groups excluding carboxylic acids is 1. The second-order valence-corrected chi connectivity index (χ2v) is 11.3. The van der Waals surface area contributed by atoms with Gasteiger partial charge < -0.3 is 19.3 Å². The van der Waals surface area contributed by atoms with Crippen LogP contribution in [0.4, 0.5) is 5.69 Å². The maximum Gasteiger partial charge on any atom is 0.427 e. The van der Waals surface area contributed by atoms with Crippen molar-refractivity contribution in [1.29, 1.82) is 5.39 Å². The van der Waals surface area contributed by atoms with Crippen LogP contribution in [0.1, 0.15) is 50.0 Å². The van der Waals surface area contributed by atoms with Crippen LogP contribution in [-0.4, -0.2) is 32.2 Å². The molecule has 1 amide bonds. The molecule has 214 valence electrons. The average molecular weight is 576 g/mol. The first-order valence-electron chi connectivity index (χ1n) is 12.9. The monoisotopic (exact) mass is 575 g/mol. The lowest BCUT2D eigenvalue weighted by Crippen LogP contribution is -2.36. The molecular formula is C31H33N3O6S. The maximum atomic E-state index is 12.4. The largest absolute Gasteiger partial charge is 0.744 e. The number of nitrogens with zero attached hydrogens (tertiary/aromatic N) is 2. The molecule has 4 rings (SSSR count). The molecule has 0 bridgehead atoms. The number of nitrogens with one attached hydrogen (secondary N) is 1. The van der Waals surface area contributed by atoms with Gasteiger partial charge in [-0.2, -0.15) is 0 Å². The van der Waals surface area contributed by atoms with Crippen LogP contribution in [0.15, 0.2) is 89.8 Å². The molecule has 4 aromatic carbocycles. The van der Waals surface area contributed by atoms with Crippen molar-refractivity contribution in [2.45, 2.75) is 50.7 Å². The zero-order chi connectivity index (χ0) is 30.2. The molecule has 0 saturated heterocycles. The van der Waals surface area contributed by atoms with Gasteiger partial charge in [0.15, 0.2) is 11.2 Å². The van der Waals surface area contributed by atoms with Crippen molar-refractivity contribution in [3.63, 3.8) is 0 Å². The molecule has 0 aliphatic heterocycles. The summed E-state index contributed by atoms with van der Waals surface area (Å²) < 4.78 is 43.5. The van der Waals surface area contributed by atoms with Crippen molar-refractivity contribution >= 4 is 32.5 Å². The molecule has 0 aliphatic carbocycles. The van der Waals surface area contributed by atoms with Gasteiger partial charge >= 0.3 is 5.69 Å². The molecular weight excluding hydrogens is 542 g/mol. The SMILES string of the molecule is CCC(C)(C)c1ccc(OC(C)NC(=O)c2ccc(OC)c([N+]#N)c2)cc1.O=S(=O)([O-])c1cccc2ccccc12. The van der Waals surface area contributed by atoms with E-state index < -0.39 is 16.3 Å². The summed E-state index contributed by atoms with van der Waals surface area (Å²) in [4.78, 5) is 15.4. The molecule has 0 aliphatic rings. The summed E-state index contributed by atoms with van der Waals surface area (Å²) >= 11 is 0. The number of fused-ring (bicyclic) bond motifs is 1. The van der Waals surface area contributed by atoms with Crippen LogP contribution in [0.3, 0.4) is 0 Å². The Bertz CT molecular complexity index is 1660. The predicted molar refractivity (Wildman–Crippen MR) is 157 cm³/mol. The molecule has 0 spiro atoms. The van der Waals surface area contributed by atoms with Gasteiger partial charge in [0, 0.05) is 5.56 Å². The molecule has 0 radical (unpaired) electrons. The zero-order valence-corrected chi connectivity index (χ0v) is 24.4. The van der Waals surface area contributed by atoms with E-state index >= 15 is 0 Å². The second kappa shape index (κ2) is 13.3. The van der Waals surface area contributed by atoms with E-state index in [-0.39, 0.29) is 21.9 Å². The van der Waals surface area contributed by atoms with Crippen LogP contribution in [0.25, 0.3) is 15.7 Å². The third-order valence-electron chi connectivity index (χ3n) is 6.73. The topological polar surface area (TPSA) is 133 Å². The van der Waals surface area contributed by atoms with Crippen LogP contribution in [0, 0.1) is 5.39 Å². The molecule has 0 saturated carbocycles. The van der Waals surface area contributed by atoms with Crippen LogP contribution in [-0.2, 0) is 15.5 Å². The summed E-state index contributed by atoms with van der Waals surface area (Å²) in [5.74, 6) is 0.728. The van der Waals surface area contributed by atoms with Crippen molar-refractivity contribution in [1.82, 2.24) is 5.32 Å². The molecule has 4 aromatic rings. The highest BCUT2D eigenvalue weighted by molar-refractivity contribution is 7.86. The Morgan fingerprint density at radius 2 is 1.68 bits per heavy atom. The minimum Gasteiger partial charge on any atom is -0.744 e. The molecule has 1 unspecified atom stereocenters. The van der Waals surface area contributed by atoms with Gasteiger partial charge in [-0.25, -0.2) is 8.42 Å². The Balaban J connectivity index is 0.000000275. The zero-order valence-electron chi connectivity index (χ0n) is 23.6. The van der Waals surface area contributed by atoms with E-state index in [2.05, 4.69) is 31.1 Å². The van der Waals surface area contributed by atoms with E-state index in [1.54, 1.807) is 55.5 Å². The first kappa shape index (κ1) is 31.1. The minimum atomic E-state index is -4.38.